The van der Waals surface area contributed by atoms with Crippen LogP contribution in [0.2, 0.25) is 5.02 Å². The summed E-state index contributed by atoms with van der Waals surface area (Å²) < 4.78 is 26.5. The van der Waals surface area contributed by atoms with Gasteiger partial charge in [0.1, 0.15) is 28.1 Å². The molecule has 0 atom stereocenters. The van der Waals surface area contributed by atoms with Gasteiger partial charge in [-0.2, -0.15) is 0 Å². The Morgan fingerprint density at radius 1 is 0.967 bits per heavy atom. The number of aromatic nitrogens is 2. The fourth-order valence-electron chi connectivity index (χ4n) is 2.59. The molecule has 0 aliphatic carbocycles. The lowest BCUT2D eigenvalue weighted by Crippen LogP contribution is -1.97. The van der Waals surface area contributed by atoms with Crippen LogP contribution in [0.1, 0.15) is 5.82 Å². The van der Waals surface area contributed by atoms with Gasteiger partial charge in [-0.15, -0.1) is 34.5 Å². The SMILES string of the molecule is Cc1nc(Nc2ccc(F)c(Cl)c2)c2cc(-c3ccc(F)cc3)sc2n1.ClCCCl. The maximum Gasteiger partial charge on any atom is 0.142 e. The minimum atomic E-state index is -0.477. The molecule has 2 aromatic heterocycles. The number of hydrogen-bond donors (Lipinski definition) is 1. The van der Waals surface area contributed by atoms with Gasteiger partial charge in [0.25, 0.3) is 0 Å². The highest BCUT2D eigenvalue weighted by molar-refractivity contribution is 7.21. The summed E-state index contributed by atoms with van der Waals surface area (Å²) in [7, 11) is 0. The molecule has 0 fully saturated rings. The van der Waals surface area contributed by atoms with E-state index in [1.54, 1.807) is 25.1 Å². The zero-order valence-corrected chi connectivity index (χ0v) is 18.8. The van der Waals surface area contributed by atoms with E-state index in [1.807, 2.05) is 6.07 Å². The fourth-order valence-corrected chi connectivity index (χ4v) is 3.85. The summed E-state index contributed by atoms with van der Waals surface area (Å²) in [4.78, 5) is 10.7. The van der Waals surface area contributed by atoms with Gasteiger partial charge in [-0.05, 0) is 48.9 Å². The Hall–Kier alpha value is -1.99. The largest absolute Gasteiger partial charge is 0.340 e. The highest BCUT2D eigenvalue weighted by Crippen LogP contribution is 2.36. The molecule has 1 N–H and O–H groups in total. The molecular formula is C21H16Cl3F2N3S. The van der Waals surface area contributed by atoms with E-state index in [0.29, 0.717) is 29.1 Å². The van der Waals surface area contributed by atoms with Gasteiger partial charge >= 0.3 is 0 Å². The average molecular weight is 487 g/mol. The second kappa shape index (κ2) is 10.4. The number of halogens is 5. The van der Waals surface area contributed by atoms with Crippen molar-refractivity contribution in [2.24, 2.45) is 0 Å². The standard InChI is InChI=1S/C19H12ClF2N3S.C2H4Cl2/c1-10-23-18(25-13-6-7-16(22)15(20)8-13)14-9-17(26-19(14)24-10)11-2-4-12(21)5-3-11;3-1-2-4/h2-9H,1H3,(H,23,24,25);1-2H2. The van der Waals surface area contributed by atoms with Gasteiger partial charge in [-0.25, -0.2) is 18.7 Å². The van der Waals surface area contributed by atoms with Crippen molar-refractivity contribution in [3.05, 3.63) is 71.0 Å². The van der Waals surface area contributed by atoms with Crippen molar-refractivity contribution in [2.75, 3.05) is 17.1 Å². The molecule has 0 aliphatic rings. The molecule has 2 heterocycles. The predicted octanol–water partition coefficient (Wildman–Crippen LogP) is 7.81. The number of nitrogens with zero attached hydrogens (tertiary/aromatic N) is 2. The van der Waals surface area contributed by atoms with E-state index in [-0.39, 0.29) is 10.8 Å². The molecule has 156 valence electrons. The molecular weight excluding hydrogens is 471 g/mol. The molecule has 4 rings (SSSR count). The Bertz CT molecular complexity index is 1150. The molecule has 9 heteroatoms. The summed E-state index contributed by atoms with van der Waals surface area (Å²) >= 11 is 17.5. The number of thiophene rings is 1. The molecule has 4 aromatic rings. The number of hydrogen-bond acceptors (Lipinski definition) is 4. The summed E-state index contributed by atoms with van der Waals surface area (Å²) in [5.74, 6) is 1.58. The smallest absolute Gasteiger partial charge is 0.142 e. The molecule has 0 aliphatic heterocycles. The highest BCUT2D eigenvalue weighted by Gasteiger charge is 2.13. The Morgan fingerprint density at radius 3 is 2.30 bits per heavy atom. The first kappa shape index (κ1) is 22.7. The topological polar surface area (TPSA) is 37.8 Å². The molecule has 0 radical (unpaired) electrons. The summed E-state index contributed by atoms with van der Waals surface area (Å²) in [5.41, 5.74) is 1.54. The lowest BCUT2D eigenvalue weighted by Gasteiger charge is -2.08. The zero-order chi connectivity index (χ0) is 21.7. The minimum absolute atomic E-state index is 0.0364. The van der Waals surface area contributed by atoms with Crippen LogP contribution in [0.4, 0.5) is 20.3 Å². The van der Waals surface area contributed by atoms with Gasteiger partial charge in [0.15, 0.2) is 0 Å². The van der Waals surface area contributed by atoms with Crippen molar-refractivity contribution in [1.29, 1.82) is 0 Å². The third kappa shape index (κ3) is 5.58. The number of benzene rings is 2. The quantitative estimate of drug-likeness (QED) is 0.299. The summed E-state index contributed by atoms with van der Waals surface area (Å²) in [6.45, 7) is 1.81. The van der Waals surface area contributed by atoms with Crippen LogP contribution in [0.5, 0.6) is 0 Å². The van der Waals surface area contributed by atoms with E-state index < -0.39 is 5.82 Å². The van der Waals surface area contributed by atoms with Crippen molar-refractivity contribution >= 4 is 67.9 Å². The Kier molecular flexibility index (Phi) is 7.83. The Morgan fingerprint density at radius 2 is 1.67 bits per heavy atom. The molecule has 0 saturated heterocycles. The van der Waals surface area contributed by atoms with Gasteiger partial charge in [0, 0.05) is 22.3 Å². The first-order valence-electron chi connectivity index (χ1n) is 8.79. The normalized spacial score (nSPS) is 10.6. The van der Waals surface area contributed by atoms with Gasteiger partial charge in [-0.3, -0.25) is 0 Å². The number of fused-ring (bicyclic) bond motifs is 1. The molecule has 0 unspecified atom stereocenters. The van der Waals surface area contributed by atoms with Crippen LogP contribution >= 0.6 is 46.1 Å². The van der Waals surface area contributed by atoms with Gasteiger partial charge in [0.05, 0.1) is 10.4 Å². The number of nitrogens with one attached hydrogen (secondary N) is 1. The third-order valence-corrected chi connectivity index (χ3v) is 5.83. The number of anilines is 2. The van der Waals surface area contributed by atoms with E-state index in [0.717, 1.165) is 20.7 Å². The van der Waals surface area contributed by atoms with Gasteiger partial charge in [0.2, 0.25) is 0 Å². The Balaban J connectivity index is 0.000000589. The van der Waals surface area contributed by atoms with Crippen LogP contribution in [0.3, 0.4) is 0 Å². The average Bonchev–Trinajstić information content (AvgIpc) is 3.15. The predicted molar refractivity (Wildman–Crippen MR) is 124 cm³/mol. The molecule has 0 saturated carbocycles. The summed E-state index contributed by atoms with van der Waals surface area (Å²) in [6.07, 6.45) is 0. The van der Waals surface area contributed by atoms with Gasteiger partial charge < -0.3 is 5.32 Å². The molecule has 30 heavy (non-hydrogen) atoms. The van der Waals surface area contributed by atoms with Crippen LogP contribution in [0.15, 0.2) is 48.5 Å². The van der Waals surface area contributed by atoms with Crippen LogP contribution in [0.25, 0.3) is 20.7 Å². The van der Waals surface area contributed by atoms with Crippen molar-refractivity contribution in [2.45, 2.75) is 6.92 Å². The number of alkyl halides is 2. The van der Waals surface area contributed by atoms with E-state index in [1.165, 1.54) is 35.6 Å². The van der Waals surface area contributed by atoms with E-state index in [4.69, 9.17) is 34.8 Å². The molecule has 0 spiro atoms. The van der Waals surface area contributed by atoms with E-state index in [2.05, 4.69) is 15.3 Å². The summed E-state index contributed by atoms with van der Waals surface area (Å²) in [6, 6.07) is 12.7. The monoisotopic (exact) mass is 485 g/mol. The van der Waals surface area contributed by atoms with Crippen molar-refractivity contribution in [1.82, 2.24) is 9.97 Å². The third-order valence-electron chi connectivity index (χ3n) is 3.89. The first-order valence-corrected chi connectivity index (χ1v) is 11.1. The van der Waals surface area contributed by atoms with Crippen molar-refractivity contribution in [3.63, 3.8) is 0 Å². The second-order valence-corrected chi connectivity index (χ2v) is 8.28. The van der Waals surface area contributed by atoms with Crippen molar-refractivity contribution < 1.29 is 8.78 Å². The maximum absolute atomic E-state index is 13.4. The minimum Gasteiger partial charge on any atom is -0.340 e. The number of rotatable bonds is 4. The highest BCUT2D eigenvalue weighted by atomic mass is 35.5. The van der Waals surface area contributed by atoms with Crippen LogP contribution in [-0.2, 0) is 0 Å². The van der Waals surface area contributed by atoms with Crippen LogP contribution in [-0.4, -0.2) is 21.7 Å². The first-order chi connectivity index (χ1) is 14.4. The van der Waals surface area contributed by atoms with Crippen molar-refractivity contribution in [3.8, 4) is 10.4 Å². The lowest BCUT2D eigenvalue weighted by molar-refractivity contribution is 0.628. The Labute approximate surface area is 191 Å². The molecule has 0 bridgehead atoms. The van der Waals surface area contributed by atoms with E-state index >= 15 is 0 Å². The zero-order valence-electron chi connectivity index (χ0n) is 15.7. The molecule has 0 amide bonds. The summed E-state index contributed by atoms with van der Waals surface area (Å²) in [5, 5.41) is 4.04. The molecule has 2 aromatic carbocycles. The fraction of sp³-hybridized carbons (Fsp3) is 0.143. The van der Waals surface area contributed by atoms with E-state index in [9.17, 15) is 8.78 Å². The maximum atomic E-state index is 13.4. The second-order valence-electron chi connectivity index (χ2n) is 6.09. The van der Waals surface area contributed by atoms with Crippen LogP contribution in [0, 0.1) is 18.6 Å². The lowest BCUT2D eigenvalue weighted by atomic mass is 10.2. The molecule has 3 nitrogen and oxygen atoms in total. The van der Waals surface area contributed by atoms with Gasteiger partial charge in [-0.1, -0.05) is 23.7 Å². The van der Waals surface area contributed by atoms with Crippen LogP contribution < -0.4 is 5.32 Å². The number of aryl methyl sites for hydroxylation is 1.